The Morgan fingerprint density at radius 1 is 1.08 bits per heavy atom. The number of hydrogen-bond acceptors (Lipinski definition) is 4. The highest BCUT2D eigenvalue weighted by molar-refractivity contribution is 5.95. The Morgan fingerprint density at radius 2 is 1.96 bits per heavy atom. The predicted molar refractivity (Wildman–Crippen MR) is 92.0 cm³/mol. The molecule has 0 aliphatic carbocycles. The highest BCUT2D eigenvalue weighted by Gasteiger charge is 2.17. The van der Waals surface area contributed by atoms with E-state index in [1.807, 2.05) is 12.1 Å². The van der Waals surface area contributed by atoms with Crippen molar-refractivity contribution in [1.82, 2.24) is 5.32 Å². The van der Waals surface area contributed by atoms with E-state index in [-0.39, 0.29) is 18.6 Å². The van der Waals surface area contributed by atoms with Crippen molar-refractivity contribution in [2.75, 3.05) is 18.7 Å². The molecule has 2 N–H and O–H groups in total. The Labute approximate surface area is 145 Å². The summed E-state index contributed by atoms with van der Waals surface area (Å²) in [5, 5.41) is 5.79. The average Bonchev–Trinajstić information content (AvgIpc) is 3.09. The molecule has 0 aromatic heterocycles. The summed E-state index contributed by atoms with van der Waals surface area (Å²) >= 11 is 0. The minimum atomic E-state index is -0.136. The standard InChI is InChI=1S/C19H18N2O4/c22-18-6-3-13-9-12(1-4-15(13)21-18)7-8-20-19(23)14-2-5-16-17(10-14)25-11-24-16/h1-2,4-5,9-10H,3,6-8,11H2,(H,20,23)(H,21,22). The van der Waals surface area contributed by atoms with Crippen LogP contribution in [0.1, 0.15) is 27.9 Å². The molecule has 25 heavy (non-hydrogen) atoms. The van der Waals surface area contributed by atoms with Crippen LogP contribution in [-0.2, 0) is 17.6 Å². The molecule has 4 rings (SSSR count). The summed E-state index contributed by atoms with van der Waals surface area (Å²) in [4.78, 5) is 23.6. The first-order valence-corrected chi connectivity index (χ1v) is 8.28. The molecule has 2 aliphatic rings. The van der Waals surface area contributed by atoms with E-state index in [0.717, 1.165) is 29.7 Å². The largest absolute Gasteiger partial charge is 0.454 e. The van der Waals surface area contributed by atoms with E-state index in [1.165, 1.54) is 0 Å². The summed E-state index contributed by atoms with van der Waals surface area (Å²) in [5.74, 6) is 1.20. The quantitative estimate of drug-likeness (QED) is 0.897. The number of benzene rings is 2. The van der Waals surface area contributed by atoms with Gasteiger partial charge in [0.25, 0.3) is 5.91 Å². The number of hydrogen-bond donors (Lipinski definition) is 2. The van der Waals surface area contributed by atoms with Crippen molar-refractivity contribution in [2.24, 2.45) is 0 Å². The van der Waals surface area contributed by atoms with Gasteiger partial charge in [-0.1, -0.05) is 12.1 Å². The van der Waals surface area contributed by atoms with Gasteiger partial charge in [-0.2, -0.15) is 0 Å². The molecule has 128 valence electrons. The third-order valence-electron chi connectivity index (χ3n) is 4.40. The molecule has 0 saturated heterocycles. The highest BCUT2D eigenvalue weighted by Crippen LogP contribution is 2.32. The van der Waals surface area contributed by atoms with E-state index in [1.54, 1.807) is 18.2 Å². The molecule has 0 unspecified atom stereocenters. The van der Waals surface area contributed by atoms with Crippen LogP contribution < -0.4 is 20.1 Å². The lowest BCUT2D eigenvalue weighted by Gasteiger charge is -2.17. The number of amides is 2. The Kier molecular flexibility index (Phi) is 4.01. The van der Waals surface area contributed by atoms with Crippen molar-refractivity contribution in [2.45, 2.75) is 19.3 Å². The Morgan fingerprint density at radius 3 is 2.88 bits per heavy atom. The second-order valence-corrected chi connectivity index (χ2v) is 6.11. The van der Waals surface area contributed by atoms with Gasteiger partial charge in [0.15, 0.2) is 11.5 Å². The first-order chi connectivity index (χ1) is 12.2. The normalized spacial score (nSPS) is 14.6. The maximum absolute atomic E-state index is 12.2. The van der Waals surface area contributed by atoms with Crippen LogP contribution in [0.4, 0.5) is 5.69 Å². The Hall–Kier alpha value is -3.02. The van der Waals surface area contributed by atoms with Crippen LogP contribution >= 0.6 is 0 Å². The molecule has 2 aliphatic heterocycles. The predicted octanol–water partition coefficient (Wildman–Crippen LogP) is 2.27. The van der Waals surface area contributed by atoms with Gasteiger partial charge >= 0.3 is 0 Å². The average molecular weight is 338 g/mol. The van der Waals surface area contributed by atoms with E-state index in [9.17, 15) is 9.59 Å². The van der Waals surface area contributed by atoms with Crippen molar-refractivity contribution in [1.29, 1.82) is 0 Å². The molecule has 0 spiro atoms. The Bertz CT molecular complexity index is 847. The highest BCUT2D eigenvalue weighted by atomic mass is 16.7. The lowest BCUT2D eigenvalue weighted by atomic mass is 9.99. The van der Waals surface area contributed by atoms with Crippen LogP contribution in [0.2, 0.25) is 0 Å². The van der Waals surface area contributed by atoms with Crippen molar-refractivity contribution in [3.8, 4) is 11.5 Å². The number of nitrogens with one attached hydrogen (secondary N) is 2. The maximum atomic E-state index is 12.2. The van der Waals surface area contributed by atoms with E-state index < -0.39 is 0 Å². The number of anilines is 1. The molecule has 0 fully saturated rings. The molecular formula is C19H18N2O4. The summed E-state index contributed by atoms with van der Waals surface area (Å²) in [6.45, 7) is 0.734. The lowest BCUT2D eigenvalue weighted by molar-refractivity contribution is -0.116. The molecule has 6 nitrogen and oxygen atoms in total. The topological polar surface area (TPSA) is 76.7 Å². The molecule has 2 aromatic carbocycles. The van der Waals surface area contributed by atoms with Gasteiger partial charge in [0.1, 0.15) is 0 Å². The van der Waals surface area contributed by atoms with Crippen LogP contribution in [0.15, 0.2) is 36.4 Å². The molecule has 6 heteroatoms. The second kappa shape index (κ2) is 6.47. The van der Waals surface area contributed by atoms with Gasteiger partial charge < -0.3 is 20.1 Å². The molecule has 0 saturated carbocycles. The minimum Gasteiger partial charge on any atom is -0.454 e. The van der Waals surface area contributed by atoms with E-state index in [4.69, 9.17) is 9.47 Å². The summed E-state index contributed by atoms with van der Waals surface area (Å²) in [5.41, 5.74) is 3.74. The molecule has 0 radical (unpaired) electrons. The van der Waals surface area contributed by atoms with Gasteiger partial charge in [0, 0.05) is 24.2 Å². The molecule has 2 heterocycles. The first-order valence-electron chi connectivity index (χ1n) is 8.28. The Balaban J connectivity index is 1.34. The maximum Gasteiger partial charge on any atom is 0.251 e. The fourth-order valence-electron chi connectivity index (χ4n) is 3.05. The van der Waals surface area contributed by atoms with Gasteiger partial charge in [-0.3, -0.25) is 9.59 Å². The zero-order valence-electron chi connectivity index (χ0n) is 13.6. The zero-order chi connectivity index (χ0) is 17.2. The van der Waals surface area contributed by atoms with Gasteiger partial charge in [-0.05, 0) is 48.2 Å². The van der Waals surface area contributed by atoms with E-state index in [0.29, 0.717) is 30.0 Å². The van der Waals surface area contributed by atoms with E-state index >= 15 is 0 Å². The second-order valence-electron chi connectivity index (χ2n) is 6.11. The minimum absolute atomic E-state index is 0.0660. The zero-order valence-corrected chi connectivity index (χ0v) is 13.6. The fraction of sp³-hybridized carbons (Fsp3) is 0.263. The van der Waals surface area contributed by atoms with Crippen LogP contribution in [0.5, 0.6) is 11.5 Å². The summed E-state index contributed by atoms with van der Waals surface area (Å²) in [7, 11) is 0. The number of fused-ring (bicyclic) bond motifs is 2. The number of aryl methyl sites for hydroxylation is 1. The van der Waals surface area contributed by atoms with E-state index in [2.05, 4.69) is 16.7 Å². The molecule has 2 amide bonds. The van der Waals surface area contributed by atoms with Gasteiger partial charge in [0.2, 0.25) is 12.7 Å². The van der Waals surface area contributed by atoms with Crippen molar-refractivity contribution in [3.63, 3.8) is 0 Å². The number of ether oxygens (including phenoxy) is 2. The molecule has 0 bridgehead atoms. The molecule has 2 aromatic rings. The van der Waals surface area contributed by atoms with Crippen molar-refractivity contribution in [3.05, 3.63) is 53.1 Å². The summed E-state index contributed by atoms with van der Waals surface area (Å²) < 4.78 is 10.5. The molecule has 0 atom stereocenters. The number of carbonyl (C=O) groups is 2. The van der Waals surface area contributed by atoms with Crippen LogP contribution in [0.25, 0.3) is 0 Å². The van der Waals surface area contributed by atoms with Crippen LogP contribution in [0, 0.1) is 0 Å². The number of rotatable bonds is 4. The third-order valence-corrected chi connectivity index (χ3v) is 4.40. The van der Waals surface area contributed by atoms with Gasteiger partial charge in [0.05, 0.1) is 0 Å². The van der Waals surface area contributed by atoms with Crippen molar-refractivity contribution < 1.29 is 19.1 Å². The monoisotopic (exact) mass is 338 g/mol. The van der Waals surface area contributed by atoms with Crippen LogP contribution in [-0.4, -0.2) is 25.2 Å². The smallest absolute Gasteiger partial charge is 0.251 e. The lowest BCUT2D eigenvalue weighted by Crippen LogP contribution is -2.25. The SMILES string of the molecule is O=C1CCc2cc(CCNC(=O)c3ccc4c(c3)OCO4)ccc2N1. The summed E-state index contributed by atoms with van der Waals surface area (Å²) in [6, 6.07) is 11.2. The van der Waals surface area contributed by atoms with Gasteiger partial charge in [-0.25, -0.2) is 0 Å². The third kappa shape index (κ3) is 3.28. The fourth-order valence-corrected chi connectivity index (χ4v) is 3.05. The van der Waals surface area contributed by atoms with Crippen LogP contribution in [0.3, 0.4) is 0 Å². The summed E-state index contributed by atoms with van der Waals surface area (Å²) in [6.07, 6.45) is 2.02. The van der Waals surface area contributed by atoms with Gasteiger partial charge in [-0.15, -0.1) is 0 Å². The van der Waals surface area contributed by atoms with Crippen molar-refractivity contribution >= 4 is 17.5 Å². The molecular weight excluding hydrogens is 320 g/mol. The first kappa shape index (κ1) is 15.5. The number of carbonyl (C=O) groups excluding carboxylic acids is 2.